The summed E-state index contributed by atoms with van der Waals surface area (Å²) >= 11 is 3.41. The molecule has 0 saturated carbocycles. The third kappa shape index (κ3) is 5.10. The number of rotatable bonds is 6. The molecule has 2 aromatic carbocycles. The van der Waals surface area contributed by atoms with Crippen molar-refractivity contribution in [2.24, 2.45) is 0 Å². The van der Waals surface area contributed by atoms with Gasteiger partial charge >= 0.3 is 6.61 Å². The Bertz CT molecular complexity index is 557. The number of nitrogens with one attached hydrogen (secondary N) is 1. The second kappa shape index (κ2) is 7.52. The second-order valence-electron chi connectivity index (χ2n) is 4.68. The fraction of sp³-hybridized carbons (Fsp3) is 0.250. The summed E-state index contributed by atoms with van der Waals surface area (Å²) in [6.45, 7) is -0.0460. The van der Waals surface area contributed by atoms with Crippen LogP contribution >= 0.6 is 15.9 Å². The Morgan fingerprint density at radius 3 is 2.24 bits per heavy atom. The Balaban J connectivity index is 1.88. The third-order valence-corrected chi connectivity index (χ3v) is 3.66. The topological polar surface area (TPSA) is 21.3 Å². The summed E-state index contributed by atoms with van der Waals surface area (Å²) in [6, 6.07) is 15.0. The minimum absolute atomic E-state index is 0.176. The second-order valence-corrected chi connectivity index (χ2v) is 5.59. The zero-order valence-corrected chi connectivity index (χ0v) is 13.1. The quantitative estimate of drug-likeness (QED) is 0.795. The van der Waals surface area contributed by atoms with Gasteiger partial charge in [0.25, 0.3) is 0 Å². The van der Waals surface area contributed by atoms with E-state index in [1.807, 2.05) is 12.1 Å². The monoisotopic (exact) mass is 355 g/mol. The maximum absolute atomic E-state index is 12.1. The van der Waals surface area contributed by atoms with Crippen LogP contribution in [0.25, 0.3) is 0 Å². The molecule has 0 aliphatic carbocycles. The van der Waals surface area contributed by atoms with Gasteiger partial charge in [0.1, 0.15) is 5.75 Å². The van der Waals surface area contributed by atoms with E-state index in [0.717, 1.165) is 10.0 Å². The number of hydrogen-bond donors (Lipinski definition) is 1. The smallest absolute Gasteiger partial charge is 0.387 e. The van der Waals surface area contributed by atoms with E-state index in [9.17, 15) is 8.78 Å². The normalized spacial score (nSPS) is 12.4. The lowest BCUT2D eigenvalue weighted by Gasteiger charge is -2.14. The minimum Gasteiger partial charge on any atom is -0.435 e. The largest absolute Gasteiger partial charge is 0.435 e. The highest BCUT2D eigenvalue weighted by Crippen LogP contribution is 2.18. The van der Waals surface area contributed by atoms with E-state index in [1.165, 1.54) is 5.56 Å². The summed E-state index contributed by atoms with van der Waals surface area (Å²) in [7, 11) is 0. The van der Waals surface area contributed by atoms with Gasteiger partial charge in [-0.3, -0.25) is 0 Å². The summed E-state index contributed by atoms with van der Waals surface area (Å²) in [5.74, 6) is 0.176. The Morgan fingerprint density at radius 1 is 1.05 bits per heavy atom. The highest BCUT2D eigenvalue weighted by Gasteiger charge is 2.06. The summed E-state index contributed by atoms with van der Waals surface area (Å²) in [5, 5.41) is 3.39. The van der Waals surface area contributed by atoms with Crippen LogP contribution < -0.4 is 10.1 Å². The average Bonchev–Trinajstić information content (AvgIpc) is 2.46. The summed E-state index contributed by atoms with van der Waals surface area (Å²) in [6.07, 6.45) is 0. The molecule has 0 spiro atoms. The van der Waals surface area contributed by atoms with E-state index < -0.39 is 6.61 Å². The molecule has 21 heavy (non-hydrogen) atoms. The van der Waals surface area contributed by atoms with Crippen molar-refractivity contribution < 1.29 is 13.5 Å². The Hall–Kier alpha value is -1.46. The summed E-state index contributed by atoms with van der Waals surface area (Å²) in [4.78, 5) is 0. The van der Waals surface area contributed by atoms with Crippen LogP contribution in [0.2, 0.25) is 0 Å². The zero-order valence-electron chi connectivity index (χ0n) is 11.5. The van der Waals surface area contributed by atoms with Crippen LogP contribution in [-0.2, 0) is 6.54 Å². The van der Waals surface area contributed by atoms with E-state index in [4.69, 9.17) is 0 Å². The first kappa shape index (κ1) is 15.9. The van der Waals surface area contributed by atoms with Crippen molar-refractivity contribution >= 4 is 15.9 Å². The molecule has 0 aliphatic rings. The van der Waals surface area contributed by atoms with Crippen molar-refractivity contribution in [3.05, 3.63) is 64.1 Å². The molecule has 112 valence electrons. The highest BCUT2D eigenvalue weighted by molar-refractivity contribution is 9.10. The average molecular weight is 356 g/mol. The molecule has 0 saturated heterocycles. The number of alkyl halides is 2. The standard InChI is InChI=1S/C16H16BrF2NO/c1-11(13-4-6-14(17)7-5-13)20-10-12-2-8-15(9-3-12)21-16(18)19/h2-9,11,16,20H,10H2,1H3/t11-/m0/s1. The molecule has 2 rings (SSSR count). The fourth-order valence-electron chi connectivity index (χ4n) is 1.93. The molecule has 0 radical (unpaired) electrons. The van der Waals surface area contributed by atoms with Gasteiger partial charge in [-0.05, 0) is 42.3 Å². The molecule has 2 aromatic rings. The first-order valence-corrected chi connectivity index (χ1v) is 7.36. The minimum atomic E-state index is -2.79. The lowest BCUT2D eigenvalue weighted by atomic mass is 10.1. The van der Waals surface area contributed by atoms with E-state index in [1.54, 1.807) is 24.3 Å². The summed E-state index contributed by atoms with van der Waals surface area (Å²) < 4.78 is 29.5. The van der Waals surface area contributed by atoms with Crippen LogP contribution in [0.5, 0.6) is 5.75 Å². The molecular weight excluding hydrogens is 340 g/mol. The lowest BCUT2D eigenvalue weighted by Crippen LogP contribution is -2.17. The SMILES string of the molecule is C[C@H](NCc1ccc(OC(F)F)cc1)c1ccc(Br)cc1. The van der Waals surface area contributed by atoms with Crippen molar-refractivity contribution in [2.45, 2.75) is 26.1 Å². The molecule has 0 bridgehead atoms. The maximum Gasteiger partial charge on any atom is 0.387 e. The fourth-order valence-corrected chi connectivity index (χ4v) is 2.19. The molecule has 2 nitrogen and oxygen atoms in total. The van der Waals surface area contributed by atoms with E-state index in [-0.39, 0.29) is 11.8 Å². The van der Waals surface area contributed by atoms with Crippen LogP contribution in [0.4, 0.5) is 8.78 Å². The van der Waals surface area contributed by atoms with Crippen molar-refractivity contribution in [3.8, 4) is 5.75 Å². The third-order valence-electron chi connectivity index (χ3n) is 3.13. The van der Waals surface area contributed by atoms with Gasteiger partial charge in [0.05, 0.1) is 0 Å². The number of halogens is 3. The van der Waals surface area contributed by atoms with Gasteiger partial charge in [-0.1, -0.05) is 40.2 Å². The van der Waals surface area contributed by atoms with Crippen molar-refractivity contribution in [3.63, 3.8) is 0 Å². The van der Waals surface area contributed by atoms with Gasteiger partial charge in [-0.2, -0.15) is 8.78 Å². The zero-order chi connectivity index (χ0) is 15.2. The Morgan fingerprint density at radius 2 is 1.67 bits per heavy atom. The van der Waals surface area contributed by atoms with Crippen LogP contribution in [-0.4, -0.2) is 6.61 Å². The first-order valence-electron chi connectivity index (χ1n) is 6.57. The molecule has 0 fully saturated rings. The Labute approximate surface area is 131 Å². The van der Waals surface area contributed by atoms with Gasteiger partial charge in [-0.25, -0.2) is 0 Å². The van der Waals surface area contributed by atoms with Crippen LogP contribution in [0, 0.1) is 0 Å². The molecule has 5 heteroatoms. The van der Waals surface area contributed by atoms with Crippen LogP contribution in [0.15, 0.2) is 53.0 Å². The molecule has 1 atom stereocenters. The first-order chi connectivity index (χ1) is 10.0. The summed E-state index contributed by atoms with van der Waals surface area (Å²) in [5.41, 5.74) is 2.21. The van der Waals surface area contributed by atoms with Gasteiger partial charge < -0.3 is 10.1 Å². The number of hydrogen-bond acceptors (Lipinski definition) is 2. The van der Waals surface area contributed by atoms with Crippen molar-refractivity contribution in [2.75, 3.05) is 0 Å². The Kier molecular flexibility index (Phi) is 5.70. The predicted molar refractivity (Wildman–Crippen MR) is 82.5 cm³/mol. The van der Waals surface area contributed by atoms with E-state index in [0.29, 0.717) is 6.54 Å². The molecule has 0 unspecified atom stereocenters. The molecule has 0 heterocycles. The molecule has 0 amide bonds. The van der Waals surface area contributed by atoms with E-state index in [2.05, 4.69) is 45.0 Å². The number of ether oxygens (including phenoxy) is 1. The predicted octanol–water partition coefficient (Wildman–Crippen LogP) is 4.90. The van der Waals surface area contributed by atoms with Crippen molar-refractivity contribution in [1.82, 2.24) is 5.32 Å². The van der Waals surface area contributed by atoms with Gasteiger partial charge in [0, 0.05) is 17.1 Å². The van der Waals surface area contributed by atoms with Crippen LogP contribution in [0.1, 0.15) is 24.1 Å². The lowest BCUT2D eigenvalue weighted by molar-refractivity contribution is -0.0498. The van der Waals surface area contributed by atoms with Gasteiger partial charge in [0.2, 0.25) is 0 Å². The highest BCUT2D eigenvalue weighted by atomic mass is 79.9. The molecule has 0 aromatic heterocycles. The van der Waals surface area contributed by atoms with Crippen molar-refractivity contribution in [1.29, 1.82) is 0 Å². The van der Waals surface area contributed by atoms with Gasteiger partial charge in [0.15, 0.2) is 0 Å². The van der Waals surface area contributed by atoms with Gasteiger partial charge in [-0.15, -0.1) is 0 Å². The van der Waals surface area contributed by atoms with E-state index >= 15 is 0 Å². The molecule has 0 aliphatic heterocycles. The molecule has 1 N–H and O–H groups in total. The van der Waals surface area contributed by atoms with Crippen LogP contribution in [0.3, 0.4) is 0 Å². The number of benzene rings is 2. The molecular formula is C16H16BrF2NO. The maximum atomic E-state index is 12.1.